The summed E-state index contributed by atoms with van der Waals surface area (Å²) in [6.07, 6.45) is 4.44. The minimum absolute atomic E-state index is 0.397. The predicted molar refractivity (Wildman–Crippen MR) is 83.6 cm³/mol. The van der Waals surface area contributed by atoms with Gasteiger partial charge in [-0.25, -0.2) is 4.98 Å². The SMILES string of the molecule is ClCc1nc2cnccc2n1CCCOc1ccccc1. The maximum Gasteiger partial charge on any atom is 0.124 e. The van der Waals surface area contributed by atoms with Gasteiger partial charge in [0.05, 0.1) is 24.2 Å². The maximum atomic E-state index is 5.98. The van der Waals surface area contributed by atoms with Crippen molar-refractivity contribution in [3.8, 4) is 5.75 Å². The molecule has 0 aliphatic heterocycles. The summed E-state index contributed by atoms with van der Waals surface area (Å²) in [6.45, 7) is 1.49. The van der Waals surface area contributed by atoms with Crippen molar-refractivity contribution in [2.24, 2.45) is 0 Å². The Bertz CT molecular complexity index is 712. The highest BCUT2D eigenvalue weighted by molar-refractivity contribution is 6.16. The lowest BCUT2D eigenvalue weighted by Gasteiger charge is -2.09. The summed E-state index contributed by atoms with van der Waals surface area (Å²) in [5, 5.41) is 0. The summed E-state index contributed by atoms with van der Waals surface area (Å²) in [5.74, 6) is 2.17. The number of para-hydroxylation sites is 1. The summed E-state index contributed by atoms with van der Waals surface area (Å²) in [7, 11) is 0. The maximum absolute atomic E-state index is 5.98. The number of nitrogens with zero attached hydrogens (tertiary/aromatic N) is 3. The normalized spacial score (nSPS) is 10.9. The number of fused-ring (bicyclic) bond motifs is 1. The van der Waals surface area contributed by atoms with Gasteiger partial charge in [-0.2, -0.15) is 0 Å². The second-order valence-electron chi connectivity index (χ2n) is 4.69. The third kappa shape index (κ3) is 3.16. The Morgan fingerprint density at radius 1 is 1.14 bits per heavy atom. The lowest BCUT2D eigenvalue weighted by atomic mass is 10.3. The molecule has 0 radical (unpaired) electrons. The van der Waals surface area contributed by atoms with Crippen molar-refractivity contribution in [3.05, 3.63) is 54.6 Å². The standard InChI is InChI=1S/C16H16ClN3O/c17-11-16-19-14-12-18-8-7-15(14)20(16)9-4-10-21-13-5-2-1-3-6-13/h1-3,5-8,12H,4,9-11H2. The Hall–Kier alpha value is -2.07. The van der Waals surface area contributed by atoms with Crippen molar-refractivity contribution in [1.82, 2.24) is 14.5 Å². The second kappa shape index (κ2) is 6.59. The van der Waals surface area contributed by atoms with Crippen molar-refractivity contribution in [2.45, 2.75) is 18.8 Å². The number of pyridine rings is 1. The molecular formula is C16H16ClN3O. The number of halogens is 1. The van der Waals surface area contributed by atoms with E-state index in [-0.39, 0.29) is 0 Å². The van der Waals surface area contributed by atoms with Crippen LogP contribution in [0.15, 0.2) is 48.8 Å². The highest BCUT2D eigenvalue weighted by Gasteiger charge is 2.09. The Morgan fingerprint density at radius 3 is 2.81 bits per heavy atom. The fraction of sp³-hybridized carbons (Fsp3) is 0.250. The van der Waals surface area contributed by atoms with E-state index in [1.165, 1.54) is 0 Å². The van der Waals surface area contributed by atoms with Gasteiger partial charge in [-0.1, -0.05) is 18.2 Å². The van der Waals surface area contributed by atoms with Crippen LogP contribution >= 0.6 is 11.6 Å². The summed E-state index contributed by atoms with van der Waals surface area (Å²) in [4.78, 5) is 8.59. The Kier molecular flexibility index (Phi) is 4.36. The topological polar surface area (TPSA) is 39.9 Å². The van der Waals surface area contributed by atoms with Crippen molar-refractivity contribution >= 4 is 22.6 Å². The van der Waals surface area contributed by atoms with E-state index in [4.69, 9.17) is 16.3 Å². The molecule has 0 spiro atoms. The van der Waals surface area contributed by atoms with Crippen LogP contribution in [-0.2, 0) is 12.4 Å². The molecule has 0 unspecified atom stereocenters. The zero-order valence-corrected chi connectivity index (χ0v) is 12.3. The van der Waals surface area contributed by atoms with Gasteiger partial charge in [0.15, 0.2) is 0 Å². The molecule has 0 fully saturated rings. The molecule has 5 heteroatoms. The molecule has 2 heterocycles. The van der Waals surface area contributed by atoms with E-state index in [9.17, 15) is 0 Å². The Labute approximate surface area is 128 Å². The third-order valence-corrected chi connectivity index (χ3v) is 3.53. The van der Waals surface area contributed by atoms with Gasteiger partial charge in [0, 0.05) is 12.7 Å². The molecule has 0 aliphatic rings. The van der Waals surface area contributed by atoms with E-state index in [0.717, 1.165) is 35.6 Å². The fourth-order valence-electron chi connectivity index (χ4n) is 2.31. The fourth-order valence-corrected chi connectivity index (χ4v) is 2.52. The number of alkyl halides is 1. The molecule has 0 aliphatic carbocycles. The molecule has 2 aromatic heterocycles. The van der Waals surface area contributed by atoms with Crippen molar-refractivity contribution in [2.75, 3.05) is 6.61 Å². The number of aromatic nitrogens is 3. The van der Waals surface area contributed by atoms with Crippen molar-refractivity contribution in [3.63, 3.8) is 0 Å². The monoisotopic (exact) mass is 301 g/mol. The zero-order chi connectivity index (χ0) is 14.5. The summed E-state index contributed by atoms with van der Waals surface area (Å²) in [5.41, 5.74) is 1.96. The quantitative estimate of drug-likeness (QED) is 0.515. The Balaban J connectivity index is 1.65. The van der Waals surface area contributed by atoms with Gasteiger partial charge in [0.1, 0.15) is 17.1 Å². The number of ether oxygens (including phenoxy) is 1. The van der Waals surface area contributed by atoms with E-state index in [0.29, 0.717) is 12.5 Å². The highest BCUT2D eigenvalue weighted by Crippen LogP contribution is 2.17. The van der Waals surface area contributed by atoms with Gasteiger partial charge in [-0.15, -0.1) is 11.6 Å². The van der Waals surface area contributed by atoms with Gasteiger partial charge < -0.3 is 9.30 Å². The third-order valence-electron chi connectivity index (χ3n) is 3.29. The molecule has 4 nitrogen and oxygen atoms in total. The molecule has 0 N–H and O–H groups in total. The smallest absolute Gasteiger partial charge is 0.124 e. The molecule has 0 saturated carbocycles. The minimum Gasteiger partial charge on any atom is -0.494 e. The predicted octanol–water partition coefficient (Wildman–Crippen LogP) is 3.64. The van der Waals surface area contributed by atoms with Crippen LogP contribution in [0.1, 0.15) is 12.2 Å². The molecule has 108 valence electrons. The molecule has 21 heavy (non-hydrogen) atoms. The van der Waals surface area contributed by atoms with Crippen LogP contribution in [0.4, 0.5) is 0 Å². The van der Waals surface area contributed by atoms with Gasteiger partial charge in [0.2, 0.25) is 0 Å². The molecule has 0 atom stereocenters. The molecule has 0 bridgehead atoms. The second-order valence-corrected chi connectivity index (χ2v) is 4.96. The van der Waals surface area contributed by atoms with Crippen LogP contribution < -0.4 is 4.74 Å². The van der Waals surface area contributed by atoms with Gasteiger partial charge in [-0.05, 0) is 24.6 Å². The van der Waals surface area contributed by atoms with Crippen LogP contribution in [0.2, 0.25) is 0 Å². The molecule has 0 amide bonds. The number of aryl methyl sites for hydroxylation is 1. The molecule has 0 saturated heterocycles. The van der Waals surface area contributed by atoms with Crippen molar-refractivity contribution in [1.29, 1.82) is 0 Å². The number of benzene rings is 1. The number of imidazole rings is 1. The zero-order valence-electron chi connectivity index (χ0n) is 11.6. The van der Waals surface area contributed by atoms with E-state index in [2.05, 4.69) is 14.5 Å². The van der Waals surface area contributed by atoms with Crippen LogP contribution in [-0.4, -0.2) is 21.1 Å². The number of rotatable bonds is 6. The van der Waals surface area contributed by atoms with Crippen LogP contribution in [0, 0.1) is 0 Å². The van der Waals surface area contributed by atoms with Crippen LogP contribution in [0.25, 0.3) is 11.0 Å². The van der Waals surface area contributed by atoms with Gasteiger partial charge in [0.25, 0.3) is 0 Å². The first kappa shape index (κ1) is 13.9. The van der Waals surface area contributed by atoms with Gasteiger partial charge >= 0.3 is 0 Å². The lowest BCUT2D eigenvalue weighted by Crippen LogP contribution is -2.07. The minimum atomic E-state index is 0.397. The number of hydrogen-bond donors (Lipinski definition) is 0. The van der Waals surface area contributed by atoms with E-state index >= 15 is 0 Å². The first-order chi connectivity index (χ1) is 10.4. The number of hydrogen-bond acceptors (Lipinski definition) is 3. The van der Waals surface area contributed by atoms with E-state index in [1.54, 1.807) is 12.4 Å². The van der Waals surface area contributed by atoms with E-state index in [1.807, 2.05) is 36.4 Å². The largest absolute Gasteiger partial charge is 0.494 e. The molecule has 3 aromatic rings. The van der Waals surface area contributed by atoms with Crippen molar-refractivity contribution < 1.29 is 4.74 Å². The average Bonchev–Trinajstić information content (AvgIpc) is 2.90. The first-order valence-corrected chi connectivity index (χ1v) is 7.45. The molecule has 3 rings (SSSR count). The lowest BCUT2D eigenvalue weighted by molar-refractivity contribution is 0.302. The molecular weight excluding hydrogens is 286 g/mol. The van der Waals surface area contributed by atoms with Crippen LogP contribution in [0.5, 0.6) is 5.75 Å². The average molecular weight is 302 g/mol. The summed E-state index contributed by atoms with van der Waals surface area (Å²) in [6, 6.07) is 11.8. The van der Waals surface area contributed by atoms with Gasteiger partial charge in [-0.3, -0.25) is 4.98 Å². The summed E-state index contributed by atoms with van der Waals surface area (Å²) < 4.78 is 7.85. The first-order valence-electron chi connectivity index (χ1n) is 6.91. The van der Waals surface area contributed by atoms with E-state index < -0.39 is 0 Å². The highest BCUT2D eigenvalue weighted by atomic mass is 35.5. The van der Waals surface area contributed by atoms with Crippen LogP contribution in [0.3, 0.4) is 0 Å². The Morgan fingerprint density at radius 2 is 2.00 bits per heavy atom. The summed E-state index contributed by atoms with van der Waals surface area (Å²) >= 11 is 5.98. The molecule has 1 aromatic carbocycles.